The average molecular weight is 518 g/mol. The van der Waals surface area contributed by atoms with Gasteiger partial charge in [-0.25, -0.2) is 13.4 Å². The zero-order valence-electron chi connectivity index (χ0n) is 18.0. The molecule has 34 heavy (non-hydrogen) atoms. The van der Waals surface area contributed by atoms with E-state index in [2.05, 4.69) is 15.0 Å². The predicted molar refractivity (Wildman–Crippen MR) is 122 cm³/mol. The maximum absolute atomic E-state index is 13.2. The molecule has 2 atom stereocenters. The summed E-state index contributed by atoms with van der Waals surface area (Å²) in [5, 5.41) is 3.11. The molecule has 1 amide bonds. The lowest BCUT2D eigenvalue weighted by Gasteiger charge is -2.29. The lowest BCUT2D eigenvalue weighted by atomic mass is 9.88. The Kier molecular flexibility index (Phi) is 6.45. The Hall–Kier alpha value is -2.53. The summed E-state index contributed by atoms with van der Waals surface area (Å²) in [4.78, 5) is 19.3. The van der Waals surface area contributed by atoms with Crippen LogP contribution in [0.15, 0.2) is 30.5 Å². The lowest BCUT2D eigenvalue weighted by Crippen LogP contribution is -2.44. The van der Waals surface area contributed by atoms with Crippen molar-refractivity contribution >= 4 is 39.7 Å². The van der Waals surface area contributed by atoms with Gasteiger partial charge in [0.25, 0.3) is 5.91 Å². The first-order chi connectivity index (χ1) is 15.6. The van der Waals surface area contributed by atoms with Crippen LogP contribution in [0.2, 0.25) is 0 Å². The van der Waals surface area contributed by atoms with Crippen LogP contribution in [0.5, 0.6) is 5.75 Å². The van der Waals surface area contributed by atoms with Gasteiger partial charge in [-0.2, -0.15) is 0 Å². The van der Waals surface area contributed by atoms with Gasteiger partial charge in [0.15, 0.2) is 9.84 Å². The molecule has 3 aliphatic rings. The van der Waals surface area contributed by atoms with E-state index in [4.69, 9.17) is 0 Å². The molecule has 1 saturated heterocycles. The minimum Gasteiger partial charge on any atom is -0.406 e. The number of halogens is 4. The van der Waals surface area contributed by atoms with Crippen molar-refractivity contribution in [1.29, 1.82) is 0 Å². The molecule has 1 saturated carbocycles. The second-order valence-electron chi connectivity index (χ2n) is 8.70. The molecule has 0 radical (unpaired) electrons. The molecule has 12 heteroatoms. The molecular formula is C22H23ClF3N3O4S. The van der Waals surface area contributed by atoms with Crippen LogP contribution < -0.4 is 10.1 Å². The number of alkyl halides is 3. The SMILES string of the molecule is Cl.O=C(c1cnc(Nc2cccc(OC(F)(F)F)c2)c2c1C1CCC2C1)N1CCS(=O)(=O)CC1. The minimum absolute atomic E-state index is 0. The highest BCUT2D eigenvalue weighted by atomic mass is 35.5. The molecule has 1 aliphatic heterocycles. The molecule has 184 valence electrons. The number of anilines is 2. The monoisotopic (exact) mass is 517 g/mol. The first kappa shape index (κ1) is 24.6. The van der Waals surface area contributed by atoms with Crippen molar-refractivity contribution in [2.75, 3.05) is 29.9 Å². The van der Waals surface area contributed by atoms with Gasteiger partial charge in [0.1, 0.15) is 11.6 Å². The van der Waals surface area contributed by atoms with E-state index >= 15 is 0 Å². The van der Waals surface area contributed by atoms with Crippen molar-refractivity contribution in [3.8, 4) is 5.75 Å². The minimum atomic E-state index is -4.78. The van der Waals surface area contributed by atoms with Crippen molar-refractivity contribution in [1.82, 2.24) is 9.88 Å². The van der Waals surface area contributed by atoms with Gasteiger partial charge in [-0.05, 0) is 48.8 Å². The normalized spacial score (nSPS) is 22.6. The summed E-state index contributed by atoms with van der Waals surface area (Å²) in [5.41, 5.74) is 2.76. The molecule has 2 heterocycles. The lowest BCUT2D eigenvalue weighted by molar-refractivity contribution is -0.274. The smallest absolute Gasteiger partial charge is 0.406 e. The number of nitrogens with zero attached hydrogens (tertiary/aromatic N) is 2. The van der Waals surface area contributed by atoms with Gasteiger partial charge in [-0.3, -0.25) is 4.79 Å². The summed E-state index contributed by atoms with van der Waals surface area (Å²) in [5.74, 6) is 0.335. The maximum Gasteiger partial charge on any atom is 0.573 e. The van der Waals surface area contributed by atoms with Gasteiger partial charge in [-0.15, -0.1) is 25.6 Å². The Balaban J connectivity index is 0.00000274. The van der Waals surface area contributed by atoms with Gasteiger partial charge in [0.2, 0.25) is 0 Å². The molecule has 2 bridgehead atoms. The summed E-state index contributed by atoms with van der Waals surface area (Å²) >= 11 is 0. The number of sulfone groups is 1. The Morgan fingerprint density at radius 2 is 1.79 bits per heavy atom. The number of rotatable bonds is 4. The first-order valence-electron chi connectivity index (χ1n) is 10.7. The number of aromatic nitrogens is 1. The first-order valence-corrected chi connectivity index (χ1v) is 12.6. The molecule has 2 fully saturated rings. The largest absolute Gasteiger partial charge is 0.573 e. The number of nitrogens with one attached hydrogen (secondary N) is 1. The topological polar surface area (TPSA) is 88.6 Å². The Morgan fingerprint density at radius 3 is 2.47 bits per heavy atom. The van der Waals surface area contributed by atoms with Crippen LogP contribution in [0.3, 0.4) is 0 Å². The van der Waals surface area contributed by atoms with E-state index in [1.54, 1.807) is 11.0 Å². The van der Waals surface area contributed by atoms with E-state index in [0.717, 1.165) is 30.4 Å². The van der Waals surface area contributed by atoms with Gasteiger partial charge in [0.05, 0.1) is 17.1 Å². The quantitative estimate of drug-likeness (QED) is 0.647. The zero-order chi connectivity index (χ0) is 23.4. The van der Waals surface area contributed by atoms with Crippen molar-refractivity contribution in [2.24, 2.45) is 0 Å². The highest BCUT2D eigenvalue weighted by Crippen LogP contribution is 2.56. The van der Waals surface area contributed by atoms with Crippen LogP contribution in [-0.2, 0) is 9.84 Å². The molecule has 2 unspecified atom stereocenters. The Morgan fingerprint density at radius 1 is 1.12 bits per heavy atom. The maximum atomic E-state index is 13.2. The van der Waals surface area contributed by atoms with Crippen molar-refractivity contribution in [3.63, 3.8) is 0 Å². The van der Waals surface area contributed by atoms with Gasteiger partial charge < -0.3 is 15.0 Å². The third-order valence-electron chi connectivity index (χ3n) is 6.60. The van der Waals surface area contributed by atoms with E-state index in [0.29, 0.717) is 17.1 Å². The van der Waals surface area contributed by atoms with Crippen LogP contribution >= 0.6 is 12.4 Å². The summed E-state index contributed by atoms with van der Waals surface area (Å²) < 4.78 is 65.2. The fourth-order valence-corrected chi connectivity index (χ4v) is 6.36. The third kappa shape index (κ3) is 4.81. The van der Waals surface area contributed by atoms with Crippen LogP contribution in [-0.4, -0.2) is 55.2 Å². The molecule has 2 aromatic rings. The van der Waals surface area contributed by atoms with Gasteiger partial charge >= 0.3 is 6.36 Å². The van der Waals surface area contributed by atoms with E-state index < -0.39 is 16.2 Å². The number of hydrogen-bond donors (Lipinski definition) is 1. The second kappa shape index (κ2) is 8.92. The predicted octanol–water partition coefficient (Wildman–Crippen LogP) is 4.38. The summed E-state index contributed by atoms with van der Waals surface area (Å²) in [7, 11) is -3.11. The Labute approximate surface area is 201 Å². The molecule has 1 aromatic carbocycles. The van der Waals surface area contributed by atoms with Crippen LogP contribution in [0.4, 0.5) is 24.7 Å². The number of hydrogen-bond acceptors (Lipinski definition) is 6. The molecular weight excluding hydrogens is 495 g/mol. The van der Waals surface area contributed by atoms with Crippen LogP contribution in [0.25, 0.3) is 0 Å². The molecule has 0 spiro atoms. The van der Waals surface area contributed by atoms with Crippen LogP contribution in [0, 0.1) is 0 Å². The Bertz CT molecular complexity index is 1210. The number of benzene rings is 1. The van der Waals surface area contributed by atoms with Gasteiger partial charge in [0, 0.05) is 36.6 Å². The second-order valence-corrected chi connectivity index (χ2v) is 11.0. The number of amides is 1. The molecule has 2 aliphatic carbocycles. The van der Waals surface area contributed by atoms with Crippen LogP contribution in [0.1, 0.15) is 52.6 Å². The highest BCUT2D eigenvalue weighted by Gasteiger charge is 2.42. The standard InChI is InChI=1S/C22H22F3N3O4S.ClH/c23-22(24,25)32-16-3-1-2-15(11-16)27-20-19-14-5-4-13(10-14)18(19)17(12-26-20)21(29)28-6-8-33(30,31)9-7-28;/h1-3,11-14H,4-10H2,(H,26,27);1H. The fraction of sp³-hybridized carbons (Fsp3) is 0.455. The average Bonchev–Trinajstić information content (AvgIpc) is 3.35. The van der Waals surface area contributed by atoms with Crippen molar-refractivity contribution < 1.29 is 31.1 Å². The summed E-state index contributed by atoms with van der Waals surface area (Å²) in [6.45, 7) is 0.325. The molecule has 7 nitrogen and oxygen atoms in total. The number of fused-ring (bicyclic) bond motifs is 5. The highest BCUT2D eigenvalue weighted by molar-refractivity contribution is 7.91. The van der Waals surface area contributed by atoms with Crippen molar-refractivity contribution in [3.05, 3.63) is 47.2 Å². The zero-order valence-corrected chi connectivity index (χ0v) is 19.6. The summed E-state index contributed by atoms with van der Waals surface area (Å²) in [6.07, 6.45) is -0.451. The van der Waals surface area contributed by atoms with E-state index in [1.165, 1.54) is 24.4 Å². The number of carbonyl (C=O) groups excluding carboxylic acids is 1. The fourth-order valence-electron chi connectivity index (χ4n) is 5.16. The summed E-state index contributed by atoms with van der Waals surface area (Å²) in [6, 6.07) is 5.55. The van der Waals surface area contributed by atoms with E-state index in [1.807, 2.05) is 0 Å². The van der Waals surface area contributed by atoms with E-state index in [9.17, 15) is 26.4 Å². The van der Waals surface area contributed by atoms with Gasteiger partial charge in [-0.1, -0.05) is 6.07 Å². The number of pyridine rings is 1. The molecule has 5 rings (SSSR count). The third-order valence-corrected chi connectivity index (χ3v) is 8.21. The van der Waals surface area contributed by atoms with E-state index in [-0.39, 0.29) is 60.5 Å². The number of carbonyl (C=O) groups is 1. The molecule has 1 N–H and O–H groups in total. The van der Waals surface area contributed by atoms with Crippen molar-refractivity contribution in [2.45, 2.75) is 37.5 Å². The number of ether oxygens (including phenoxy) is 1. The molecule has 1 aromatic heterocycles.